The molecule has 1 saturated carbocycles. The predicted octanol–water partition coefficient (Wildman–Crippen LogP) is 1.20. The van der Waals surface area contributed by atoms with Crippen molar-refractivity contribution in [2.45, 2.75) is 58.6 Å². The van der Waals surface area contributed by atoms with Gasteiger partial charge in [-0.2, -0.15) is 4.31 Å². The second kappa shape index (κ2) is 12.1. The summed E-state index contributed by atoms with van der Waals surface area (Å²) in [6.07, 6.45) is 5.35. The molecule has 2 rings (SSSR count). The van der Waals surface area contributed by atoms with E-state index >= 15 is 0 Å². The molecule has 0 unspecified atom stereocenters. The zero-order valence-corrected chi connectivity index (χ0v) is 19.6. The van der Waals surface area contributed by atoms with E-state index in [4.69, 9.17) is 9.73 Å². The van der Waals surface area contributed by atoms with Crippen molar-refractivity contribution in [1.29, 1.82) is 0 Å². The smallest absolute Gasteiger partial charge is 0.216 e. The van der Waals surface area contributed by atoms with Gasteiger partial charge in [0.05, 0.1) is 25.0 Å². The largest absolute Gasteiger partial charge is 0.378 e. The minimum absolute atomic E-state index is 0.0485. The minimum atomic E-state index is -3.26. The fourth-order valence-electron chi connectivity index (χ4n) is 3.96. The Morgan fingerprint density at radius 3 is 2.45 bits per heavy atom. The molecule has 29 heavy (non-hydrogen) atoms. The first-order valence-electron chi connectivity index (χ1n) is 11.2. The Labute approximate surface area is 177 Å². The Morgan fingerprint density at radius 2 is 1.86 bits per heavy atom. The highest BCUT2D eigenvalue weighted by Gasteiger charge is 2.28. The van der Waals surface area contributed by atoms with Gasteiger partial charge in [0.2, 0.25) is 10.0 Å². The number of aliphatic imine (C=N–C) groups is 1. The number of nitrogens with zero attached hydrogens (tertiary/aromatic N) is 4. The molecule has 0 amide bonds. The molecule has 1 aliphatic carbocycles. The number of hydrogen-bond acceptors (Lipinski definition) is 5. The number of nitrogens with one attached hydrogen (secondary N) is 1. The number of guanidine groups is 1. The summed E-state index contributed by atoms with van der Waals surface area (Å²) in [6.45, 7) is 11.0. The molecule has 2 fully saturated rings. The lowest BCUT2D eigenvalue weighted by Gasteiger charge is -2.36. The summed E-state index contributed by atoms with van der Waals surface area (Å²) in [4.78, 5) is 9.42. The number of rotatable bonds is 10. The summed E-state index contributed by atoms with van der Waals surface area (Å²) in [5.41, 5.74) is 0. The van der Waals surface area contributed by atoms with Crippen LogP contribution >= 0.6 is 0 Å². The fourth-order valence-corrected chi connectivity index (χ4v) is 5.25. The highest BCUT2D eigenvalue weighted by molar-refractivity contribution is 7.89. The molecule has 0 bridgehead atoms. The van der Waals surface area contributed by atoms with Crippen LogP contribution in [0.3, 0.4) is 0 Å². The van der Waals surface area contributed by atoms with Gasteiger partial charge in [0.1, 0.15) is 0 Å². The van der Waals surface area contributed by atoms with Crippen molar-refractivity contribution in [3.63, 3.8) is 0 Å². The molecule has 1 heterocycles. The molecule has 0 radical (unpaired) electrons. The second-order valence-corrected chi connectivity index (χ2v) is 10.4. The highest BCUT2D eigenvalue weighted by atomic mass is 32.2. The monoisotopic (exact) mass is 431 g/mol. The Hall–Kier alpha value is -0.900. The summed E-state index contributed by atoms with van der Waals surface area (Å²) in [5, 5.41) is 3.37. The van der Waals surface area contributed by atoms with Crippen LogP contribution in [-0.2, 0) is 14.8 Å². The Kier molecular flexibility index (Phi) is 10.1. The van der Waals surface area contributed by atoms with Gasteiger partial charge in [-0.05, 0) is 40.7 Å². The maximum absolute atomic E-state index is 12.5. The fraction of sp³-hybridized carbons (Fsp3) is 0.950. The summed E-state index contributed by atoms with van der Waals surface area (Å²) in [7, 11) is -1.06. The topological polar surface area (TPSA) is 77.5 Å². The predicted molar refractivity (Wildman–Crippen MR) is 119 cm³/mol. The van der Waals surface area contributed by atoms with Crippen molar-refractivity contribution < 1.29 is 13.2 Å². The van der Waals surface area contributed by atoms with Crippen LogP contribution in [0.5, 0.6) is 0 Å². The maximum Gasteiger partial charge on any atom is 0.216 e. The lowest BCUT2D eigenvalue weighted by Crippen LogP contribution is -2.54. The van der Waals surface area contributed by atoms with E-state index in [1.54, 1.807) is 4.31 Å². The van der Waals surface area contributed by atoms with E-state index in [-0.39, 0.29) is 18.5 Å². The van der Waals surface area contributed by atoms with Crippen molar-refractivity contribution in [1.82, 2.24) is 19.4 Å². The molecule has 0 atom stereocenters. The number of likely N-dealkylation sites (N-methyl/N-ethyl adjacent to an activating group) is 1. The Bertz CT molecular complexity index is 597. The zero-order valence-electron chi connectivity index (χ0n) is 18.8. The van der Waals surface area contributed by atoms with Crippen LogP contribution in [0.25, 0.3) is 0 Å². The molecule has 9 heteroatoms. The number of piperazine rings is 1. The van der Waals surface area contributed by atoms with E-state index in [1.807, 2.05) is 13.8 Å². The van der Waals surface area contributed by atoms with Crippen LogP contribution in [0.2, 0.25) is 0 Å². The van der Waals surface area contributed by atoms with Gasteiger partial charge in [-0.1, -0.05) is 12.8 Å². The molecule has 0 aromatic heterocycles. The first-order chi connectivity index (χ1) is 13.8. The minimum Gasteiger partial charge on any atom is -0.378 e. The second-order valence-electron chi connectivity index (χ2n) is 8.28. The van der Waals surface area contributed by atoms with Gasteiger partial charge in [0.25, 0.3) is 0 Å². The molecule has 0 aromatic rings. The van der Waals surface area contributed by atoms with Gasteiger partial charge in [-0.25, -0.2) is 8.42 Å². The van der Waals surface area contributed by atoms with Gasteiger partial charge in [0, 0.05) is 45.3 Å². The molecular weight excluding hydrogens is 390 g/mol. The SMILES string of the molecule is CCNC(=NCCN(C)C1CCCC1)N1CCN(S(=O)(=O)CCOC(C)C)CC1. The molecule has 2 aliphatic rings. The van der Waals surface area contributed by atoms with E-state index in [0.717, 1.165) is 25.6 Å². The Balaban J connectivity index is 1.81. The summed E-state index contributed by atoms with van der Waals surface area (Å²) >= 11 is 0. The van der Waals surface area contributed by atoms with E-state index < -0.39 is 10.0 Å². The molecule has 1 N–H and O–H groups in total. The summed E-state index contributed by atoms with van der Waals surface area (Å²) in [5.74, 6) is 0.944. The molecule has 8 nitrogen and oxygen atoms in total. The lowest BCUT2D eigenvalue weighted by atomic mass is 10.2. The van der Waals surface area contributed by atoms with Crippen molar-refractivity contribution >= 4 is 16.0 Å². The van der Waals surface area contributed by atoms with E-state index in [9.17, 15) is 8.42 Å². The van der Waals surface area contributed by atoms with Crippen molar-refractivity contribution in [3.8, 4) is 0 Å². The van der Waals surface area contributed by atoms with Crippen LogP contribution in [0.15, 0.2) is 4.99 Å². The normalized spacial score (nSPS) is 20.2. The van der Waals surface area contributed by atoms with Crippen molar-refractivity contribution in [2.75, 3.05) is 65.2 Å². The van der Waals surface area contributed by atoms with Gasteiger partial charge >= 0.3 is 0 Å². The molecule has 1 aliphatic heterocycles. The number of hydrogen-bond donors (Lipinski definition) is 1. The third kappa shape index (κ3) is 8.03. The Morgan fingerprint density at radius 1 is 1.21 bits per heavy atom. The highest BCUT2D eigenvalue weighted by Crippen LogP contribution is 2.21. The first kappa shape index (κ1) is 24.4. The van der Waals surface area contributed by atoms with Gasteiger partial charge in [0.15, 0.2) is 5.96 Å². The van der Waals surface area contributed by atoms with Crippen molar-refractivity contribution in [3.05, 3.63) is 0 Å². The molecule has 0 aromatic carbocycles. The number of sulfonamides is 1. The third-order valence-electron chi connectivity index (χ3n) is 5.72. The molecular formula is C20H41N5O3S. The first-order valence-corrected chi connectivity index (χ1v) is 12.8. The molecule has 1 saturated heterocycles. The average Bonchev–Trinajstić information content (AvgIpc) is 3.22. The van der Waals surface area contributed by atoms with E-state index in [0.29, 0.717) is 32.2 Å². The van der Waals surface area contributed by atoms with E-state index in [2.05, 4.69) is 29.1 Å². The molecule has 170 valence electrons. The van der Waals surface area contributed by atoms with Crippen LogP contribution < -0.4 is 5.32 Å². The quantitative estimate of drug-likeness (QED) is 0.414. The molecule has 0 spiro atoms. The van der Waals surface area contributed by atoms with Crippen molar-refractivity contribution in [2.24, 2.45) is 4.99 Å². The van der Waals surface area contributed by atoms with Crippen LogP contribution in [-0.4, -0.2) is 106 Å². The van der Waals surface area contributed by atoms with Crippen LogP contribution in [0, 0.1) is 0 Å². The average molecular weight is 432 g/mol. The van der Waals surface area contributed by atoms with Crippen LogP contribution in [0.4, 0.5) is 0 Å². The summed E-state index contributed by atoms with van der Waals surface area (Å²) < 4.78 is 32.0. The van der Waals surface area contributed by atoms with E-state index in [1.165, 1.54) is 25.7 Å². The van der Waals surface area contributed by atoms with Gasteiger partial charge in [-0.15, -0.1) is 0 Å². The number of ether oxygens (including phenoxy) is 1. The van der Waals surface area contributed by atoms with Gasteiger partial charge < -0.3 is 19.9 Å². The van der Waals surface area contributed by atoms with Crippen LogP contribution in [0.1, 0.15) is 46.5 Å². The third-order valence-corrected chi connectivity index (χ3v) is 7.56. The lowest BCUT2D eigenvalue weighted by molar-refractivity contribution is 0.0904. The standard InChI is InChI=1S/C20H41N5O3S/c1-5-21-20(22-10-11-23(4)19-8-6-7-9-19)24-12-14-25(15-13-24)29(26,27)17-16-28-18(2)3/h18-19H,5-17H2,1-4H3,(H,21,22). The van der Waals surface area contributed by atoms with Gasteiger partial charge in [-0.3, -0.25) is 4.99 Å². The summed E-state index contributed by atoms with van der Waals surface area (Å²) in [6, 6.07) is 0.709. The maximum atomic E-state index is 12.5. The zero-order chi connectivity index (χ0) is 21.3.